The lowest BCUT2D eigenvalue weighted by Gasteiger charge is -2.37. The second-order valence-electron chi connectivity index (χ2n) is 7.19. The fourth-order valence-electron chi connectivity index (χ4n) is 3.41. The fourth-order valence-corrected chi connectivity index (χ4v) is 3.41. The standard InChI is InChI=1S/C23H28O9/c1-27-17-11-19(30-13-14-7-5-4-6-8-14)18(28-2)10-16(17)22(26)32-20-9-15(12-24)31-23(29-3)21(20)25/h4-8,10-11,15,20-21,23-25H,9,12-13H2,1-3H3/t15?,20?,21-,23+/m1/s1. The third-order valence-corrected chi connectivity index (χ3v) is 5.12. The van der Waals surface area contributed by atoms with Gasteiger partial charge in [0.1, 0.15) is 30.1 Å². The molecular formula is C23H28O9. The molecule has 0 bridgehead atoms. The van der Waals surface area contributed by atoms with Crippen molar-refractivity contribution >= 4 is 5.97 Å². The zero-order chi connectivity index (χ0) is 23.1. The topological polar surface area (TPSA) is 113 Å². The van der Waals surface area contributed by atoms with Gasteiger partial charge in [-0.1, -0.05) is 30.3 Å². The number of hydrogen-bond donors (Lipinski definition) is 2. The van der Waals surface area contributed by atoms with Crippen molar-refractivity contribution in [3.63, 3.8) is 0 Å². The molecule has 32 heavy (non-hydrogen) atoms. The lowest BCUT2D eigenvalue weighted by Crippen LogP contribution is -2.51. The van der Waals surface area contributed by atoms with Crippen LogP contribution in [-0.2, 0) is 20.8 Å². The van der Waals surface area contributed by atoms with Crippen LogP contribution in [0.1, 0.15) is 22.3 Å². The molecule has 9 nitrogen and oxygen atoms in total. The number of aliphatic hydroxyl groups is 2. The first-order valence-electron chi connectivity index (χ1n) is 10.1. The lowest BCUT2D eigenvalue weighted by atomic mass is 10.0. The quantitative estimate of drug-likeness (QED) is 0.556. The first-order valence-corrected chi connectivity index (χ1v) is 10.1. The maximum Gasteiger partial charge on any atom is 0.342 e. The summed E-state index contributed by atoms with van der Waals surface area (Å²) >= 11 is 0. The number of methoxy groups -OCH3 is 3. The Hall–Kier alpha value is -2.85. The Morgan fingerprint density at radius 1 is 1.06 bits per heavy atom. The zero-order valence-electron chi connectivity index (χ0n) is 18.2. The molecule has 0 radical (unpaired) electrons. The molecule has 1 saturated heterocycles. The number of aliphatic hydroxyl groups excluding tert-OH is 2. The molecule has 4 atom stereocenters. The highest BCUT2D eigenvalue weighted by Gasteiger charge is 2.40. The molecule has 0 aromatic heterocycles. The van der Waals surface area contributed by atoms with Crippen LogP contribution in [-0.4, -0.2) is 68.7 Å². The van der Waals surface area contributed by atoms with Crippen LogP contribution >= 0.6 is 0 Å². The molecule has 2 aromatic rings. The molecule has 9 heteroatoms. The van der Waals surface area contributed by atoms with E-state index in [4.69, 9.17) is 28.4 Å². The molecule has 2 N–H and O–H groups in total. The molecule has 174 valence electrons. The smallest absolute Gasteiger partial charge is 0.342 e. The molecule has 3 rings (SSSR count). The monoisotopic (exact) mass is 448 g/mol. The molecule has 0 saturated carbocycles. The van der Waals surface area contributed by atoms with E-state index in [1.54, 1.807) is 6.07 Å². The van der Waals surface area contributed by atoms with Gasteiger partial charge in [0.25, 0.3) is 0 Å². The molecule has 2 aromatic carbocycles. The number of ether oxygens (including phenoxy) is 6. The SMILES string of the molecule is COc1cc(C(=O)OC2CC(CO)O[C@H](OC)[C@@H]2O)c(OC)cc1OCc1ccccc1. The van der Waals surface area contributed by atoms with E-state index in [9.17, 15) is 15.0 Å². The summed E-state index contributed by atoms with van der Waals surface area (Å²) < 4.78 is 32.6. The van der Waals surface area contributed by atoms with E-state index in [0.717, 1.165) is 5.56 Å². The summed E-state index contributed by atoms with van der Waals surface area (Å²) in [6, 6.07) is 12.6. The Morgan fingerprint density at radius 3 is 2.41 bits per heavy atom. The summed E-state index contributed by atoms with van der Waals surface area (Å²) in [7, 11) is 4.24. The van der Waals surface area contributed by atoms with Crippen molar-refractivity contribution in [2.45, 2.75) is 37.6 Å². The maximum atomic E-state index is 12.9. The number of carbonyl (C=O) groups excluding carboxylic acids is 1. The van der Waals surface area contributed by atoms with E-state index < -0.39 is 30.6 Å². The fraction of sp³-hybridized carbons (Fsp3) is 0.435. The number of benzene rings is 2. The van der Waals surface area contributed by atoms with Crippen molar-refractivity contribution in [1.82, 2.24) is 0 Å². The Bertz CT molecular complexity index is 887. The van der Waals surface area contributed by atoms with Crippen LogP contribution in [0.5, 0.6) is 17.2 Å². The van der Waals surface area contributed by atoms with Crippen LogP contribution < -0.4 is 14.2 Å². The molecule has 1 heterocycles. The van der Waals surface area contributed by atoms with Crippen molar-refractivity contribution in [3.8, 4) is 17.2 Å². The van der Waals surface area contributed by atoms with Crippen LogP contribution in [0.2, 0.25) is 0 Å². The number of esters is 1. The highest BCUT2D eigenvalue weighted by atomic mass is 16.7. The Labute approximate surface area is 186 Å². The van der Waals surface area contributed by atoms with Gasteiger partial charge in [-0.25, -0.2) is 4.79 Å². The predicted octanol–water partition coefficient (Wildman–Crippen LogP) is 1.92. The Balaban J connectivity index is 1.79. The molecule has 1 aliphatic rings. The van der Waals surface area contributed by atoms with Crippen molar-refractivity contribution in [2.24, 2.45) is 0 Å². The van der Waals surface area contributed by atoms with Crippen LogP contribution in [0, 0.1) is 0 Å². The second-order valence-corrected chi connectivity index (χ2v) is 7.19. The minimum Gasteiger partial charge on any atom is -0.496 e. The van der Waals surface area contributed by atoms with Crippen LogP contribution in [0.15, 0.2) is 42.5 Å². The van der Waals surface area contributed by atoms with Crippen LogP contribution in [0.4, 0.5) is 0 Å². The first-order chi connectivity index (χ1) is 15.5. The minimum absolute atomic E-state index is 0.101. The van der Waals surface area contributed by atoms with Crippen molar-refractivity contribution in [2.75, 3.05) is 27.9 Å². The van der Waals surface area contributed by atoms with Crippen molar-refractivity contribution in [3.05, 3.63) is 53.6 Å². The van der Waals surface area contributed by atoms with Gasteiger partial charge < -0.3 is 38.6 Å². The number of carbonyl (C=O) groups is 1. The zero-order valence-corrected chi connectivity index (χ0v) is 18.2. The van der Waals surface area contributed by atoms with E-state index in [1.165, 1.54) is 27.4 Å². The molecule has 0 spiro atoms. The molecular weight excluding hydrogens is 420 g/mol. The van der Waals surface area contributed by atoms with Gasteiger partial charge >= 0.3 is 5.97 Å². The third-order valence-electron chi connectivity index (χ3n) is 5.12. The summed E-state index contributed by atoms with van der Waals surface area (Å²) in [5.41, 5.74) is 1.07. The molecule has 1 aliphatic heterocycles. The molecule has 1 fully saturated rings. The largest absolute Gasteiger partial charge is 0.496 e. The average molecular weight is 448 g/mol. The summed E-state index contributed by atoms with van der Waals surface area (Å²) in [5.74, 6) is 0.217. The normalized spacial score (nSPS) is 22.8. The van der Waals surface area contributed by atoms with Gasteiger partial charge in [-0.2, -0.15) is 0 Å². The van der Waals surface area contributed by atoms with Gasteiger partial charge in [-0.05, 0) is 5.56 Å². The highest BCUT2D eigenvalue weighted by molar-refractivity contribution is 5.93. The van der Waals surface area contributed by atoms with Crippen molar-refractivity contribution in [1.29, 1.82) is 0 Å². The van der Waals surface area contributed by atoms with E-state index >= 15 is 0 Å². The summed E-state index contributed by atoms with van der Waals surface area (Å²) in [6.45, 7) is 0.00456. The van der Waals surface area contributed by atoms with E-state index in [0.29, 0.717) is 18.1 Å². The minimum atomic E-state index is -1.21. The summed E-state index contributed by atoms with van der Waals surface area (Å²) in [4.78, 5) is 12.9. The first kappa shape index (κ1) is 23.8. The Kier molecular flexibility index (Phi) is 8.29. The van der Waals surface area contributed by atoms with Gasteiger partial charge in [0.05, 0.1) is 26.9 Å². The van der Waals surface area contributed by atoms with Gasteiger partial charge in [0.15, 0.2) is 17.8 Å². The summed E-state index contributed by atoms with van der Waals surface area (Å²) in [6.07, 6.45) is -3.70. The molecule has 0 aliphatic carbocycles. The lowest BCUT2D eigenvalue weighted by molar-refractivity contribution is -0.261. The van der Waals surface area contributed by atoms with Gasteiger partial charge in [0, 0.05) is 25.7 Å². The van der Waals surface area contributed by atoms with Crippen LogP contribution in [0.3, 0.4) is 0 Å². The average Bonchev–Trinajstić information content (AvgIpc) is 2.83. The van der Waals surface area contributed by atoms with Gasteiger partial charge in [-0.3, -0.25) is 0 Å². The van der Waals surface area contributed by atoms with E-state index in [-0.39, 0.29) is 24.3 Å². The molecule has 2 unspecified atom stereocenters. The maximum absolute atomic E-state index is 12.9. The van der Waals surface area contributed by atoms with Gasteiger partial charge in [0.2, 0.25) is 0 Å². The summed E-state index contributed by atoms with van der Waals surface area (Å²) in [5, 5.41) is 19.8. The predicted molar refractivity (Wildman–Crippen MR) is 113 cm³/mol. The Morgan fingerprint density at radius 2 is 1.78 bits per heavy atom. The highest BCUT2D eigenvalue weighted by Crippen LogP contribution is 2.36. The van der Waals surface area contributed by atoms with E-state index in [2.05, 4.69) is 0 Å². The van der Waals surface area contributed by atoms with Gasteiger partial charge in [-0.15, -0.1) is 0 Å². The third kappa shape index (κ3) is 5.49. The number of hydrogen-bond acceptors (Lipinski definition) is 9. The van der Waals surface area contributed by atoms with E-state index in [1.807, 2.05) is 30.3 Å². The number of rotatable bonds is 9. The van der Waals surface area contributed by atoms with Crippen molar-refractivity contribution < 1.29 is 43.4 Å². The molecule has 0 amide bonds. The second kappa shape index (κ2) is 11.1. The van der Waals surface area contributed by atoms with Crippen LogP contribution in [0.25, 0.3) is 0 Å².